The highest BCUT2D eigenvalue weighted by atomic mass is 35.5. The highest BCUT2D eigenvalue weighted by Gasteiger charge is 2.09. The summed E-state index contributed by atoms with van der Waals surface area (Å²) in [5, 5.41) is 10.9. The van der Waals surface area contributed by atoms with Crippen LogP contribution >= 0.6 is 11.6 Å². The maximum absolute atomic E-state index is 11.8. The molecule has 0 spiro atoms. The van der Waals surface area contributed by atoms with Gasteiger partial charge >= 0.3 is 6.09 Å². The van der Waals surface area contributed by atoms with Crippen molar-refractivity contribution in [2.75, 3.05) is 19.4 Å². The SMILES string of the molecule is CN(C)C=CC(=O)c1ccc(NC(=O)O)cc1Cl. The molecule has 96 valence electrons. The summed E-state index contributed by atoms with van der Waals surface area (Å²) in [6.45, 7) is 0. The van der Waals surface area contributed by atoms with Gasteiger partial charge in [-0.2, -0.15) is 0 Å². The van der Waals surface area contributed by atoms with Crippen LogP contribution in [0.15, 0.2) is 30.5 Å². The molecule has 0 unspecified atom stereocenters. The molecule has 0 aliphatic heterocycles. The highest BCUT2D eigenvalue weighted by Crippen LogP contribution is 2.21. The van der Waals surface area contributed by atoms with Crippen molar-refractivity contribution in [2.45, 2.75) is 0 Å². The Morgan fingerprint density at radius 3 is 2.56 bits per heavy atom. The quantitative estimate of drug-likeness (QED) is 0.651. The van der Waals surface area contributed by atoms with Crippen LogP contribution in [0.1, 0.15) is 10.4 Å². The van der Waals surface area contributed by atoms with Gasteiger partial charge in [-0.3, -0.25) is 10.1 Å². The minimum atomic E-state index is -1.18. The molecular formula is C12H13ClN2O3. The Bertz CT molecular complexity index is 498. The molecule has 1 aromatic rings. The number of carbonyl (C=O) groups excluding carboxylic acids is 1. The summed E-state index contributed by atoms with van der Waals surface area (Å²) in [6, 6.07) is 4.36. The zero-order valence-electron chi connectivity index (χ0n) is 9.98. The predicted molar refractivity (Wildman–Crippen MR) is 70.3 cm³/mol. The van der Waals surface area contributed by atoms with E-state index in [4.69, 9.17) is 16.7 Å². The topological polar surface area (TPSA) is 69.6 Å². The maximum Gasteiger partial charge on any atom is 0.409 e. The van der Waals surface area contributed by atoms with Gasteiger partial charge in [0.2, 0.25) is 0 Å². The Balaban J connectivity index is 2.91. The van der Waals surface area contributed by atoms with Crippen LogP contribution in [0.4, 0.5) is 10.5 Å². The molecule has 1 rings (SSSR count). The van der Waals surface area contributed by atoms with Crippen LogP contribution in [0.25, 0.3) is 0 Å². The third-order valence-corrected chi connectivity index (χ3v) is 2.32. The highest BCUT2D eigenvalue weighted by molar-refractivity contribution is 6.34. The van der Waals surface area contributed by atoms with E-state index in [9.17, 15) is 9.59 Å². The lowest BCUT2D eigenvalue weighted by Crippen LogP contribution is -2.08. The molecule has 0 atom stereocenters. The number of rotatable bonds is 4. The summed E-state index contributed by atoms with van der Waals surface area (Å²) in [5.74, 6) is -0.240. The number of carboxylic acid groups (broad SMARTS) is 1. The Kier molecular flexibility index (Phi) is 4.74. The van der Waals surface area contributed by atoms with Crippen molar-refractivity contribution in [1.82, 2.24) is 4.90 Å². The lowest BCUT2D eigenvalue weighted by Gasteiger charge is -2.06. The summed E-state index contributed by atoms with van der Waals surface area (Å²) >= 11 is 5.92. The van der Waals surface area contributed by atoms with Gasteiger partial charge in [0, 0.05) is 37.6 Å². The Labute approximate surface area is 110 Å². The van der Waals surface area contributed by atoms with Gasteiger partial charge in [0.15, 0.2) is 5.78 Å². The second-order valence-corrected chi connectivity index (χ2v) is 4.18. The summed E-state index contributed by atoms with van der Waals surface area (Å²) in [5.41, 5.74) is 0.645. The second-order valence-electron chi connectivity index (χ2n) is 3.77. The molecule has 0 bridgehead atoms. The number of nitrogens with one attached hydrogen (secondary N) is 1. The first-order chi connectivity index (χ1) is 8.40. The van der Waals surface area contributed by atoms with Crippen molar-refractivity contribution in [3.8, 4) is 0 Å². The van der Waals surface area contributed by atoms with Crippen LogP contribution in [0.2, 0.25) is 5.02 Å². The summed E-state index contributed by atoms with van der Waals surface area (Å²) in [7, 11) is 3.59. The number of anilines is 1. The molecular weight excluding hydrogens is 256 g/mol. The lowest BCUT2D eigenvalue weighted by molar-refractivity contribution is 0.104. The van der Waals surface area contributed by atoms with Crippen molar-refractivity contribution >= 4 is 29.2 Å². The van der Waals surface area contributed by atoms with E-state index in [1.807, 2.05) is 0 Å². The number of benzene rings is 1. The van der Waals surface area contributed by atoms with Crippen LogP contribution in [-0.4, -0.2) is 36.0 Å². The van der Waals surface area contributed by atoms with Gasteiger partial charge in [-0.05, 0) is 18.2 Å². The normalized spacial score (nSPS) is 10.4. The molecule has 0 heterocycles. The van der Waals surface area contributed by atoms with Gasteiger partial charge in [0.05, 0.1) is 5.02 Å². The smallest absolute Gasteiger partial charge is 0.409 e. The van der Waals surface area contributed by atoms with Gasteiger partial charge in [0.1, 0.15) is 0 Å². The molecule has 0 saturated heterocycles. The molecule has 0 aliphatic rings. The molecule has 18 heavy (non-hydrogen) atoms. The van der Waals surface area contributed by atoms with Crippen molar-refractivity contribution in [2.24, 2.45) is 0 Å². The predicted octanol–water partition coefficient (Wildman–Crippen LogP) is 2.69. The number of ketones is 1. The van der Waals surface area contributed by atoms with E-state index in [0.717, 1.165) is 0 Å². The first-order valence-corrected chi connectivity index (χ1v) is 5.46. The fourth-order valence-corrected chi connectivity index (χ4v) is 1.50. The molecule has 6 heteroatoms. The van der Waals surface area contributed by atoms with Gasteiger partial charge < -0.3 is 10.0 Å². The first kappa shape index (κ1) is 14.1. The monoisotopic (exact) mass is 268 g/mol. The van der Waals surface area contributed by atoms with Gasteiger partial charge in [-0.1, -0.05) is 11.6 Å². The maximum atomic E-state index is 11.8. The summed E-state index contributed by atoms with van der Waals surface area (Å²) in [4.78, 5) is 23.9. The number of carbonyl (C=O) groups is 2. The third kappa shape index (κ3) is 4.10. The summed E-state index contributed by atoms with van der Waals surface area (Å²) < 4.78 is 0. The van der Waals surface area contributed by atoms with Crippen molar-refractivity contribution < 1.29 is 14.7 Å². The molecule has 2 N–H and O–H groups in total. The molecule has 0 saturated carbocycles. The zero-order valence-corrected chi connectivity index (χ0v) is 10.7. The second kappa shape index (κ2) is 6.07. The first-order valence-electron chi connectivity index (χ1n) is 5.08. The number of halogens is 1. The van der Waals surface area contributed by atoms with E-state index in [0.29, 0.717) is 11.3 Å². The Hall–Kier alpha value is -2.01. The average Bonchev–Trinajstić information content (AvgIpc) is 2.25. The number of nitrogens with zero attached hydrogens (tertiary/aromatic N) is 1. The third-order valence-electron chi connectivity index (χ3n) is 2.01. The summed E-state index contributed by atoms with van der Waals surface area (Å²) in [6.07, 6.45) is 1.82. The molecule has 5 nitrogen and oxygen atoms in total. The van der Waals surface area contributed by atoms with E-state index < -0.39 is 6.09 Å². The van der Waals surface area contributed by atoms with Crippen LogP contribution < -0.4 is 5.32 Å². The van der Waals surface area contributed by atoms with Crippen LogP contribution in [-0.2, 0) is 0 Å². The zero-order chi connectivity index (χ0) is 13.7. The van der Waals surface area contributed by atoms with Gasteiger partial charge in [0.25, 0.3) is 0 Å². The number of allylic oxidation sites excluding steroid dienone is 1. The fraction of sp³-hybridized carbons (Fsp3) is 0.167. The van der Waals surface area contributed by atoms with E-state index in [-0.39, 0.29) is 10.8 Å². The van der Waals surface area contributed by atoms with E-state index in [1.165, 1.54) is 24.3 Å². The lowest BCUT2D eigenvalue weighted by atomic mass is 10.1. The van der Waals surface area contributed by atoms with Crippen molar-refractivity contribution in [3.05, 3.63) is 41.1 Å². The van der Waals surface area contributed by atoms with Crippen molar-refractivity contribution in [3.63, 3.8) is 0 Å². The largest absolute Gasteiger partial charge is 0.465 e. The minimum Gasteiger partial charge on any atom is -0.465 e. The average molecular weight is 269 g/mol. The number of hydrogen-bond donors (Lipinski definition) is 2. The minimum absolute atomic E-state index is 0.203. The molecule has 1 aromatic carbocycles. The van der Waals surface area contributed by atoms with E-state index in [1.54, 1.807) is 25.2 Å². The van der Waals surface area contributed by atoms with Crippen LogP contribution in [0.3, 0.4) is 0 Å². The number of amides is 1. The molecule has 0 radical (unpaired) electrons. The van der Waals surface area contributed by atoms with E-state index in [2.05, 4.69) is 5.32 Å². The molecule has 0 aromatic heterocycles. The van der Waals surface area contributed by atoms with Gasteiger partial charge in [-0.25, -0.2) is 4.79 Å². The fourth-order valence-electron chi connectivity index (χ4n) is 1.22. The van der Waals surface area contributed by atoms with Crippen molar-refractivity contribution in [1.29, 1.82) is 0 Å². The molecule has 0 aliphatic carbocycles. The number of hydrogen-bond acceptors (Lipinski definition) is 3. The van der Waals surface area contributed by atoms with Gasteiger partial charge in [-0.15, -0.1) is 0 Å². The van der Waals surface area contributed by atoms with E-state index >= 15 is 0 Å². The molecule has 1 amide bonds. The Morgan fingerprint density at radius 1 is 1.39 bits per heavy atom. The standard InChI is InChI=1S/C12H13ClN2O3/c1-15(2)6-5-11(16)9-4-3-8(7-10(9)13)14-12(17)18/h3-7,14H,1-2H3,(H,17,18). The van der Waals surface area contributed by atoms with Crippen LogP contribution in [0, 0.1) is 0 Å². The Morgan fingerprint density at radius 2 is 2.06 bits per heavy atom. The molecule has 0 fully saturated rings. The van der Waals surface area contributed by atoms with Crippen LogP contribution in [0.5, 0.6) is 0 Å².